The Balaban J connectivity index is 1.96. The number of nitrogens with one attached hydrogen (secondary N) is 1. The van der Waals surface area contributed by atoms with Crippen LogP contribution in [-0.4, -0.2) is 11.1 Å². The molecule has 0 aromatic heterocycles. The third-order valence-electron chi connectivity index (χ3n) is 4.00. The van der Waals surface area contributed by atoms with Gasteiger partial charge in [-0.3, -0.25) is 10.0 Å². The fraction of sp³-hybridized carbons (Fsp3) is 0.0500. The molecule has 3 nitrogen and oxygen atoms in total. The van der Waals surface area contributed by atoms with Gasteiger partial charge in [-0.05, 0) is 34.4 Å². The maximum atomic E-state index is 13.6. The first-order valence-electron chi connectivity index (χ1n) is 7.64. The molecule has 1 unspecified atom stereocenters. The molecule has 25 heavy (non-hydrogen) atoms. The molecule has 1 amide bonds. The van der Waals surface area contributed by atoms with Crippen molar-refractivity contribution >= 4 is 17.5 Å². The molecule has 0 saturated carbocycles. The topological polar surface area (TPSA) is 49.3 Å². The number of hydrogen-bond donors (Lipinski definition) is 2. The molecule has 3 rings (SSSR count). The standard InChI is InChI=1S/C20H15ClFNO2/c21-17-11-10-16(12-18(17)22)13-6-8-15(9-7-13)19(20(24)23-25)14-4-2-1-3-5-14/h1-12,19,25H,(H,23,24). The van der Waals surface area contributed by atoms with Crippen LogP contribution in [0, 0.1) is 5.82 Å². The highest BCUT2D eigenvalue weighted by Crippen LogP contribution is 2.29. The zero-order valence-electron chi connectivity index (χ0n) is 13.1. The van der Waals surface area contributed by atoms with Crippen molar-refractivity contribution in [3.8, 4) is 11.1 Å². The van der Waals surface area contributed by atoms with Gasteiger partial charge in [0.25, 0.3) is 5.91 Å². The molecule has 126 valence electrons. The van der Waals surface area contributed by atoms with E-state index in [1.165, 1.54) is 12.1 Å². The lowest BCUT2D eigenvalue weighted by Gasteiger charge is -2.16. The van der Waals surface area contributed by atoms with Crippen LogP contribution in [0.2, 0.25) is 5.02 Å². The lowest BCUT2D eigenvalue weighted by molar-refractivity contribution is -0.129. The number of hydroxylamine groups is 1. The van der Waals surface area contributed by atoms with E-state index in [0.29, 0.717) is 5.56 Å². The quantitative estimate of drug-likeness (QED) is 0.522. The summed E-state index contributed by atoms with van der Waals surface area (Å²) in [5.41, 5.74) is 4.69. The van der Waals surface area contributed by atoms with Gasteiger partial charge in [-0.1, -0.05) is 72.3 Å². The predicted octanol–water partition coefficient (Wildman–Crippen LogP) is 4.78. The molecule has 0 aliphatic heterocycles. The van der Waals surface area contributed by atoms with E-state index in [2.05, 4.69) is 0 Å². The Hall–Kier alpha value is -2.69. The van der Waals surface area contributed by atoms with Crippen LogP contribution >= 0.6 is 11.6 Å². The van der Waals surface area contributed by atoms with E-state index in [1.54, 1.807) is 35.8 Å². The summed E-state index contributed by atoms with van der Waals surface area (Å²) in [4.78, 5) is 12.1. The maximum absolute atomic E-state index is 13.6. The molecule has 3 aromatic carbocycles. The summed E-state index contributed by atoms with van der Waals surface area (Å²) in [6.45, 7) is 0. The van der Waals surface area contributed by atoms with Crippen LogP contribution in [0.25, 0.3) is 11.1 Å². The lowest BCUT2D eigenvalue weighted by Crippen LogP contribution is -2.27. The number of benzene rings is 3. The molecule has 0 radical (unpaired) electrons. The molecule has 0 aliphatic carbocycles. The predicted molar refractivity (Wildman–Crippen MR) is 95.1 cm³/mol. The number of carbonyl (C=O) groups excluding carboxylic acids is 1. The summed E-state index contributed by atoms with van der Waals surface area (Å²) in [7, 11) is 0. The lowest BCUT2D eigenvalue weighted by atomic mass is 9.89. The minimum Gasteiger partial charge on any atom is -0.289 e. The third-order valence-corrected chi connectivity index (χ3v) is 4.31. The van der Waals surface area contributed by atoms with E-state index < -0.39 is 17.6 Å². The van der Waals surface area contributed by atoms with Gasteiger partial charge in [0.2, 0.25) is 0 Å². The van der Waals surface area contributed by atoms with Gasteiger partial charge in [-0.25, -0.2) is 9.87 Å². The molecule has 0 bridgehead atoms. The van der Waals surface area contributed by atoms with Crippen LogP contribution < -0.4 is 5.48 Å². The second-order valence-electron chi connectivity index (χ2n) is 5.57. The Morgan fingerprint density at radius 1 is 0.920 bits per heavy atom. The van der Waals surface area contributed by atoms with E-state index in [4.69, 9.17) is 16.8 Å². The summed E-state index contributed by atoms with van der Waals surface area (Å²) in [6, 6.07) is 20.9. The second-order valence-corrected chi connectivity index (χ2v) is 5.98. The largest absolute Gasteiger partial charge is 0.289 e. The SMILES string of the molecule is O=C(NO)C(c1ccccc1)c1ccc(-c2ccc(Cl)c(F)c2)cc1. The molecular weight excluding hydrogens is 341 g/mol. The smallest absolute Gasteiger partial charge is 0.255 e. The van der Waals surface area contributed by atoms with E-state index in [-0.39, 0.29) is 5.02 Å². The van der Waals surface area contributed by atoms with Crippen molar-refractivity contribution in [1.82, 2.24) is 5.48 Å². The summed E-state index contributed by atoms with van der Waals surface area (Å²) in [5, 5.41) is 9.14. The van der Waals surface area contributed by atoms with Crippen LogP contribution in [0.4, 0.5) is 4.39 Å². The summed E-state index contributed by atoms with van der Waals surface area (Å²) < 4.78 is 13.6. The van der Waals surface area contributed by atoms with Crippen molar-refractivity contribution in [2.75, 3.05) is 0 Å². The molecule has 3 aromatic rings. The molecule has 1 atom stereocenters. The average molecular weight is 356 g/mol. The fourth-order valence-corrected chi connectivity index (χ4v) is 2.87. The molecule has 0 heterocycles. The molecule has 0 fully saturated rings. The normalized spacial score (nSPS) is 11.8. The van der Waals surface area contributed by atoms with Gasteiger partial charge in [0.05, 0.1) is 10.9 Å². The van der Waals surface area contributed by atoms with Gasteiger partial charge in [0.15, 0.2) is 0 Å². The first-order chi connectivity index (χ1) is 12.1. The summed E-state index contributed by atoms with van der Waals surface area (Å²) >= 11 is 5.71. The van der Waals surface area contributed by atoms with Crippen molar-refractivity contribution in [2.24, 2.45) is 0 Å². The Bertz CT molecular complexity index is 882. The van der Waals surface area contributed by atoms with Crippen molar-refractivity contribution in [1.29, 1.82) is 0 Å². The fourth-order valence-electron chi connectivity index (χ4n) is 2.75. The minimum atomic E-state index is -0.637. The number of amides is 1. The highest BCUT2D eigenvalue weighted by Gasteiger charge is 2.22. The van der Waals surface area contributed by atoms with Crippen molar-refractivity contribution in [3.05, 3.63) is 94.8 Å². The van der Waals surface area contributed by atoms with Crippen LogP contribution in [-0.2, 0) is 4.79 Å². The first kappa shape index (κ1) is 17.1. The number of carbonyl (C=O) groups is 1. The summed E-state index contributed by atoms with van der Waals surface area (Å²) in [6.07, 6.45) is 0. The Labute approximate surface area is 149 Å². The number of halogens is 2. The third kappa shape index (κ3) is 3.71. The van der Waals surface area contributed by atoms with Gasteiger partial charge >= 0.3 is 0 Å². The van der Waals surface area contributed by atoms with Crippen LogP contribution in [0.5, 0.6) is 0 Å². The first-order valence-corrected chi connectivity index (χ1v) is 8.02. The van der Waals surface area contributed by atoms with Gasteiger partial charge in [-0.15, -0.1) is 0 Å². The summed E-state index contributed by atoms with van der Waals surface area (Å²) in [5.74, 6) is -1.64. The number of rotatable bonds is 4. The van der Waals surface area contributed by atoms with E-state index in [0.717, 1.165) is 16.7 Å². The minimum absolute atomic E-state index is 0.0733. The van der Waals surface area contributed by atoms with Crippen LogP contribution in [0.3, 0.4) is 0 Å². The van der Waals surface area contributed by atoms with Gasteiger partial charge in [0, 0.05) is 0 Å². The maximum Gasteiger partial charge on any atom is 0.255 e. The van der Waals surface area contributed by atoms with Gasteiger partial charge < -0.3 is 0 Å². The molecule has 5 heteroatoms. The molecule has 0 spiro atoms. The van der Waals surface area contributed by atoms with Gasteiger partial charge in [0.1, 0.15) is 5.82 Å². The van der Waals surface area contributed by atoms with Crippen LogP contribution in [0.1, 0.15) is 17.0 Å². The molecular formula is C20H15ClFNO2. The van der Waals surface area contributed by atoms with E-state index in [1.807, 2.05) is 30.3 Å². The monoisotopic (exact) mass is 355 g/mol. The van der Waals surface area contributed by atoms with E-state index in [9.17, 15) is 9.18 Å². The highest BCUT2D eigenvalue weighted by molar-refractivity contribution is 6.30. The van der Waals surface area contributed by atoms with Crippen molar-refractivity contribution < 1.29 is 14.4 Å². The second kappa shape index (κ2) is 7.47. The average Bonchev–Trinajstić information content (AvgIpc) is 2.65. The zero-order valence-corrected chi connectivity index (χ0v) is 13.9. The highest BCUT2D eigenvalue weighted by atomic mass is 35.5. The van der Waals surface area contributed by atoms with Crippen molar-refractivity contribution in [3.63, 3.8) is 0 Å². The Morgan fingerprint density at radius 3 is 2.12 bits per heavy atom. The molecule has 0 aliphatic rings. The zero-order chi connectivity index (χ0) is 17.8. The van der Waals surface area contributed by atoms with Crippen molar-refractivity contribution in [2.45, 2.75) is 5.92 Å². The van der Waals surface area contributed by atoms with Crippen LogP contribution in [0.15, 0.2) is 72.8 Å². The molecule has 2 N–H and O–H groups in total. The van der Waals surface area contributed by atoms with E-state index >= 15 is 0 Å². The molecule has 0 saturated heterocycles. The Kier molecular flexibility index (Phi) is 5.12. The van der Waals surface area contributed by atoms with Gasteiger partial charge in [-0.2, -0.15) is 0 Å². The number of hydrogen-bond acceptors (Lipinski definition) is 2. The Morgan fingerprint density at radius 2 is 1.52 bits per heavy atom.